The van der Waals surface area contributed by atoms with Crippen LogP contribution in [0.3, 0.4) is 0 Å². The Kier molecular flexibility index (Phi) is 4.13. The van der Waals surface area contributed by atoms with Crippen LogP contribution in [-0.2, 0) is 4.57 Å². The molecule has 0 aliphatic rings. The van der Waals surface area contributed by atoms with Crippen molar-refractivity contribution in [2.45, 2.75) is 6.92 Å². The van der Waals surface area contributed by atoms with E-state index in [-0.39, 0.29) is 0 Å². The molecule has 0 fully saturated rings. The van der Waals surface area contributed by atoms with Crippen molar-refractivity contribution in [1.82, 2.24) is 4.98 Å². The molecule has 0 amide bonds. The Morgan fingerprint density at radius 3 is 2.84 bits per heavy atom. The highest BCUT2D eigenvalue weighted by Gasteiger charge is 2.19. The number of anilines is 1. The van der Waals surface area contributed by atoms with Crippen molar-refractivity contribution in [2.24, 2.45) is 0 Å². The Morgan fingerprint density at radius 1 is 1.37 bits per heavy atom. The molecule has 19 heavy (non-hydrogen) atoms. The highest BCUT2D eigenvalue weighted by molar-refractivity contribution is 7.60. The Hall–Kier alpha value is -1.51. The molecule has 1 aromatic carbocycles. The van der Waals surface area contributed by atoms with Crippen LogP contribution in [0.5, 0.6) is 5.75 Å². The van der Waals surface area contributed by atoms with Gasteiger partial charge in [-0.3, -0.25) is 9.55 Å². The van der Waals surface area contributed by atoms with Crippen LogP contribution in [0.4, 0.5) is 5.69 Å². The third-order valence-corrected chi connectivity index (χ3v) is 3.87. The average molecular weight is 297 g/mol. The first-order valence-corrected chi connectivity index (χ1v) is 8.13. The standard InChI is InChI=1S/C13H14ClN2O2P/c1-10-5-6-12(14)13(8-10)18-19(2,17)16-11-4-3-7-15-9-11/h3-9H,1-2H3,(H,16,17)/t19-/m1/s1. The second kappa shape index (κ2) is 5.64. The topological polar surface area (TPSA) is 51.2 Å². The predicted molar refractivity (Wildman–Crippen MR) is 78.2 cm³/mol. The van der Waals surface area contributed by atoms with Crippen LogP contribution in [0.15, 0.2) is 42.7 Å². The molecule has 0 bridgehead atoms. The van der Waals surface area contributed by atoms with E-state index in [2.05, 4.69) is 10.1 Å². The summed E-state index contributed by atoms with van der Waals surface area (Å²) in [5.74, 6) is 0.406. The monoisotopic (exact) mass is 296 g/mol. The number of nitrogens with zero attached hydrogens (tertiary/aromatic N) is 1. The van der Waals surface area contributed by atoms with E-state index in [1.807, 2.05) is 13.0 Å². The fourth-order valence-corrected chi connectivity index (χ4v) is 2.94. The molecule has 1 aromatic heterocycles. The van der Waals surface area contributed by atoms with E-state index in [0.717, 1.165) is 5.56 Å². The van der Waals surface area contributed by atoms with Crippen molar-refractivity contribution in [3.8, 4) is 5.75 Å². The number of nitrogens with one attached hydrogen (secondary N) is 1. The zero-order valence-corrected chi connectivity index (χ0v) is 12.3. The third-order valence-electron chi connectivity index (χ3n) is 2.35. The molecule has 1 N–H and O–H groups in total. The Morgan fingerprint density at radius 2 is 2.16 bits per heavy atom. The summed E-state index contributed by atoms with van der Waals surface area (Å²) in [7, 11) is -3.06. The minimum Gasteiger partial charge on any atom is -0.427 e. The lowest BCUT2D eigenvalue weighted by Crippen LogP contribution is -2.02. The van der Waals surface area contributed by atoms with E-state index in [9.17, 15) is 4.57 Å². The quantitative estimate of drug-likeness (QED) is 0.852. The van der Waals surface area contributed by atoms with Crippen LogP contribution in [-0.4, -0.2) is 11.6 Å². The molecular weight excluding hydrogens is 283 g/mol. The Labute approximate surface area is 117 Å². The first-order valence-electron chi connectivity index (χ1n) is 5.68. The number of hydrogen-bond donors (Lipinski definition) is 1. The maximum absolute atomic E-state index is 12.4. The zero-order chi connectivity index (χ0) is 13.9. The molecule has 2 rings (SSSR count). The van der Waals surface area contributed by atoms with Crippen molar-refractivity contribution in [3.63, 3.8) is 0 Å². The largest absolute Gasteiger partial charge is 0.427 e. The minimum absolute atomic E-state index is 0.406. The fourth-order valence-electron chi connectivity index (χ4n) is 1.55. The van der Waals surface area contributed by atoms with E-state index in [1.165, 1.54) is 6.66 Å². The summed E-state index contributed by atoms with van der Waals surface area (Å²) in [4.78, 5) is 3.94. The van der Waals surface area contributed by atoms with Crippen molar-refractivity contribution in [3.05, 3.63) is 53.3 Å². The Balaban J connectivity index is 2.17. The molecule has 0 saturated heterocycles. The fraction of sp³-hybridized carbons (Fsp3) is 0.154. The van der Waals surface area contributed by atoms with Crippen molar-refractivity contribution < 1.29 is 9.09 Å². The number of pyridine rings is 1. The van der Waals surface area contributed by atoms with Crippen LogP contribution in [0.25, 0.3) is 0 Å². The van der Waals surface area contributed by atoms with Gasteiger partial charge in [0.15, 0.2) is 0 Å². The van der Waals surface area contributed by atoms with Gasteiger partial charge in [0.25, 0.3) is 0 Å². The normalized spacial score (nSPS) is 13.6. The molecule has 6 heteroatoms. The molecule has 0 aliphatic carbocycles. The third kappa shape index (κ3) is 3.98. The van der Waals surface area contributed by atoms with Gasteiger partial charge in [0, 0.05) is 12.9 Å². The van der Waals surface area contributed by atoms with Crippen LogP contribution in [0.1, 0.15) is 5.56 Å². The highest BCUT2D eigenvalue weighted by Crippen LogP contribution is 2.45. The summed E-state index contributed by atoms with van der Waals surface area (Å²) in [6.07, 6.45) is 3.22. The van der Waals surface area contributed by atoms with Gasteiger partial charge in [-0.25, -0.2) is 0 Å². The summed E-state index contributed by atoms with van der Waals surface area (Å²) in [6, 6.07) is 8.86. The number of aryl methyl sites for hydroxylation is 1. The van der Waals surface area contributed by atoms with Gasteiger partial charge in [0.05, 0.1) is 16.9 Å². The molecule has 100 valence electrons. The van der Waals surface area contributed by atoms with Gasteiger partial charge in [-0.05, 0) is 36.8 Å². The van der Waals surface area contributed by atoms with Gasteiger partial charge in [-0.1, -0.05) is 17.7 Å². The molecule has 1 heterocycles. The van der Waals surface area contributed by atoms with Gasteiger partial charge in [-0.2, -0.15) is 0 Å². The number of benzene rings is 1. The SMILES string of the molecule is Cc1ccc(Cl)c(O[P@@](C)(=O)Nc2cccnc2)c1. The van der Waals surface area contributed by atoms with Crippen LogP contribution in [0, 0.1) is 6.92 Å². The molecule has 0 radical (unpaired) electrons. The second-order valence-corrected chi connectivity index (χ2v) is 6.73. The molecule has 0 aliphatic heterocycles. The van der Waals surface area contributed by atoms with Gasteiger partial charge < -0.3 is 9.61 Å². The maximum Gasteiger partial charge on any atom is 0.338 e. The van der Waals surface area contributed by atoms with Gasteiger partial charge >= 0.3 is 7.52 Å². The smallest absolute Gasteiger partial charge is 0.338 e. The lowest BCUT2D eigenvalue weighted by Gasteiger charge is -2.18. The van der Waals surface area contributed by atoms with Gasteiger partial charge in [0.2, 0.25) is 0 Å². The Bertz CT molecular complexity index is 619. The molecule has 2 aromatic rings. The molecule has 4 nitrogen and oxygen atoms in total. The van der Waals surface area contributed by atoms with Crippen LogP contribution >= 0.6 is 19.1 Å². The van der Waals surface area contributed by atoms with E-state index in [4.69, 9.17) is 16.1 Å². The first kappa shape index (κ1) is 13.9. The van der Waals surface area contributed by atoms with Crippen molar-refractivity contribution in [2.75, 3.05) is 11.8 Å². The molecule has 1 atom stereocenters. The summed E-state index contributed by atoms with van der Waals surface area (Å²) in [5, 5.41) is 3.26. The maximum atomic E-state index is 12.4. The first-order chi connectivity index (χ1) is 8.96. The summed E-state index contributed by atoms with van der Waals surface area (Å²) < 4.78 is 17.9. The van der Waals surface area contributed by atoms with E-state index in [0.29, 0.717) is 16.5 Å². The predicted octanol–water partition coefficient (Wildman–Crippen LogP) is 4.36. The number of aromatic nitrogens is 1. The number of halogens is 1. The van der Waals surface area contributed by atoms with Crippen LogP contribution < -0.4 is 9.61 Å². The van der Waals surface area contributed by atoms with Crippen LogP contribution in [0.2, 0.25) is 5.02 Å². The molecule has 0 spiro atoms. The second-order valence-electron chi connectivity index (χ2n) is 4.22. The van der Waals surface area contributed by atoms with Crippen molar-refractivity contribution >= 4 is 24.8 Å². The van der Waals surface area contributed by atoms with E-state index in [1.54, 1.807) is 36.7 Å². The minimum atomic E-state index is -3.06. The summed E-state index contributed by atoms with van der Waals surface area (Å²) >= 11 is 6.02. The highest BCUT2D eigenvalue weighted by atomic mass is 35.5. The lowest BCUT2D eigenvalue weighted by atomic mass is 10.2. The van der Waals surface area contributed by atoms with Gasteiger partial charge in [-0.15, -0.1) is 0 Å². The molecule has 0 unspecified atom stereocenters. The average Bonchev–Trinajstić information content (AvgIpc) is 2.34. The van der Waals surface area contributed by atoms with Crippen molar-refractivity contribution in [1.29, 1.82) is 0 Å². The summed E-state index contributed by atoms with van der Waals surface area (Å²) in [5.41, 5.74) is 1.62. The zero-order valence-electron chi connectivity index (χ0n) is 10.6. The van der Waals surface area contributed by atoms with E-state index >= 15 is 0 Å². The number of rotatable bonds is 4. The number of hydrogen-bond acceptors (Lipinski definition) is 3. The van der Waals surface area contributed by atoms with E-state index < -0.39 is 7.52 Å². The summed E-state index contributed by atoms with van der Waals surface area (Å²) in [6.45, 7) is 3.41. The lowest BCUT2D eigenvalue weighted by molar-refractivity contribution is 0.493. The molecular formula is C13H14ClN2O2P. The van der Waals surface area contributed by atoms with Gasteiger partial charge in [0.1, 0.15) is 5.75 Å². The molecule has 0 saturated carbocycles.